The highest BCUT2D eigenvalue weighted by Gasteiger charge is 2.21. The Hall–Kier alpha value is -1.93. The van der Waals surface area contributed by atoms with Crippen LogP contribution < -0.4 is 4.74 Å². The van der Waals surface area contributed by atoms with Crippen LogP contribution in [-0.4, -0.2) is 78.2 Å². The normalized spacial score (nSPS) is 17.8. The summed E-state index contributed by atoms with van der Waals surface area (Å²) in [5.41, 5.74) is 2.38. The van der Waals surface area contributed by atoms with Crippen molar-refractivity contribution in [3.05, 3.63) is 51.7 Å². The Morgan fingerprint density at radius 2 is 1.94 bits per heavy atom. The number of hydrogen-bond donors (Lipinski definition) is 1. The molecule has 2 aromatic rings. The van der Waals surface area contributed by atoms with Crippen molar-refractivity contribution >= 4 is 17.2 Å². The van der Waals surface area contributed by atoms with E-state index in [0.717, 1.165) is 63.4 Å². The van der Waals surface area contributed by atoms with Crippen LogP contribution in [0, 0.1) is 0 Å². The molecule has 0 atom stereocenters. The number of carbonyl (C=O) groups is 1. The lowest BCUT2D eigenvalue weighted by atomic mass is 10.1. The molecule has 4 rings (SSSR count). The highest BCUT2D eigenvalue weighted by molar-refractivity contribution is 7.09. The number of amides is 1. The number of nitrogens with zero attached hydrogens (tertiary/aromatic N) is 3. The standard InChI is InChI=1S/C24H33N3O3S/c28-14-12-25-8-10-26(11-9-25)18-20-6-7-23-21(17-20)19-27(13-15-30-23)24(29)5-1-3-22-4-2-16-31-22/h2,4,6-7,16-17,28H,1,3,5,8-15,18-19H2. The fourth-order valence-electron chi connectivity index (χ4n) is 4.36. The molecule has 0 saturated carbocycles. The van der Waals surface area contributed by atoms with E-state index in [-0.39, 0.29) is 12.5 Å². The van der Waals surface area contributed by atoms with Gasteiger partial charge in [0.15, 0.2) is 0 Å². The number of benzene rings is 1. The number of thiophene rings is 1. The van der Waals surface area contributed by atoms with Crippen molar-refractivity contribution in [2.45, 2.75) is 32.4 Å². The monoisotopic (exact) mass is 443 g/mol. The fourth-order valence-corrected chi connectivity index (χ4v) is 5.11. The quantitative estimate of drug-likeness (QED) is 0.680. The maximum atomic E-state index is 12.8. The summed E-state index contributed by atoms with van der Waals surface area (Å²) >= 11 is 1.76. The number of ether oxygens (including phenoxy) is 1. The molecule has 0 aliphatic carbocycles. The summed E-state index contributed by atoms with van der Waals surface area (Å²) < 4.78 is 5.94. The van der Waals surface area contributed by atoms with Gasteiger partial charge in [0.1, 0.15) is 12.4 Å². The third-order valence-electron chi connectivity index (χ3n) is 6.14. The summed E-state index contributed by atoms with van der Waals surface area (Å²) in [6.07, 6.45) is 2.46. The number of fused-ring (bicyclic) bond motifs is 1. The highest BCUT2D eigenvalue weighted by atomic mass is 32.1. The molecule has 31 heavy (non-hydrogen) atoms. The molecule has 1 amide bonds. The molecule has 2 aliphatic rings. The van der Waals surface area contributed by atoms with Gasteiger partial charge in [-0.25, -0.2) is 0 Å². The van der Waals surface area contributed by atoms with E-state index in [1.165, 1.54) is 10.4 Å². The van der Waals surface area contributed by atoms with Crippen LogP contribution in [0.5, 0.6) is 5.75 Å². The predicted molar refractivity (Wildman–Crippen MR) is 123 cm³/mol. The molecular weight excluding hydrogens is 410 g/mol. The topological polar surface area (TPSA) is 56.2 Å². The molecule has 7 heteroatoms. The van der Waals surface area contributed by atoms with Gasteiger partial charge in [0.25, 0.3) is 0 Å². The van der Waals surface area contributed by atoms with Crippen molar-refractivity contribution in [1.82, 2.24) is 14.7 Å². The van der Waals surface area contributed by atoms with Gasteiger partial charge in [-0.15, -0.1) is 11.3 Å². The first kappa shape index (κ1) is 22.3. The molecule has 1 N–H and O–H groups in total. The average Bonchev–Trinajstić information content (AvgIpc) is 3.20. The Kier molecular flexibility index (Phi) is 7.97. The predicted octanol–water partition coefficient (Wildman–Crippen LogP) is 2.60. The van der Waals surface area contributed by atoms with Gasteiger partial charge in [-0.2, -0.15) is 0 Å². The lowest BCUT2D eigenvalue weighted by Gasteiger charge is -2.34. The SMILES string of the molecule is O=C(CCCc1cccs1)N1CCOc2ccc(CN3CCN(CCO)CC3)cc2C1. The number of aliphatic hydroxyl groups excluding tert-OH is 1. The minimum Gasteiger partial charge on any atom is -0.491 e. The molecule has 1 aromatic heterocycles. The van der Waals surface area contributed by atoms with Crippen molar-refractivity contribution in [2.75, 3.05) is 52.5 Å². The molecular formula is C24H33N3O3S. The van der Waals surface area contributed by atoms with Crippen LogP contribution in [0.15, 0.2) is 35.7 Å². The summed E-state index contributed by atoms with van der Waals surface area (Å²) in [7, 11) is 0. The first-order valence-corrected chi connectivity index (χ1v) is 12.2. The number of aliphatic hydroxyl groups is 1. The average molecular weight is 444 g/mol. The minimum atomic E-state index is 0.221. The largest absolute Gasteiger partial charge is 0.491 e. The van der Waals surface area contributed by atoms with Crippen molar-refractivity contribution in [3.8, 4) is 5.75 Å². The zero-order chi connectivity index (χ0) is 21.5. The number of β-amino-alcohol motifs (C(OH)–C–C–N with tert-alkyl or cyclic N) is 1. The number of piperazine rings is 1. The highest BCUT2D eigenvalue weighted by Crippen LogP contribution is 2.26. The maximum absolute atomic E-state index is 12.8. The van der Waals surface area contributed by atoms with Crippen molar-refractivity contribution < 1.29 is 14.6 Å². The molecule has 0 bridgehead atoms. The van der Waals surface area contributed by atoms with Gasteiger partial charge >= 0.3 is 0 Å². The van der Waals surface area contributed by atoms with E-state index in [4.69, 9.17) is 9.84 Å². The second-order valence-corrected chi connectivity index (χ2v) is 9.41. The Morgan fingerprint density at radius 1 is 1.10 bits per heavy atom. The molecule has 168 valence electrons. The van der Waals surface area contributed by atoms with E-state index in [1.807, 2.05) is 4.90 Å². The van der Waals surface area contributed by atoms with E-state index in [1.54, 1.807) is 11.3 Å². The Labute approximate surface area is 189 Å². The van der Waals surface area contributed by atoms with E-state index in [9.17, 15) is 4.79 Å². The third kappa shape index (κ3) is 6.29. The second-order valence-electron chi connectivity index (χ2n) is 8.38. The number of carbonyl (C=O) groups excluding carboxylic acids is 1. The van der Waals surface area contributed by atoms with E-state index >= 15 is 0 Å². The maximum Gasteiger partial charge on any atom is 0.222 e. The van der Waals surface area contributed by atoms with Gasteiger partial charge in [-0.1, -0.05) is 12.1 Å². The van der Waals surface area contributed by atoms with E-state index < -0.39 is 0 Å². The van der Waals surface area contributed by atoms with Gasteiger partial charge in [-0.3, -0.25) is 14.6 Å². The van der Waals surface area contributed by atoms with Gasteiger partial charge in [-0.05, 0) is 42.0 Å². The molecule has 1 saturated heterocycles. The first-order valence-electron chi connectivity index (χ1n) is 11.3. The van der Waals surface area contributed by atoms with Crippen molar-refractivity contribution in [1.29, 1.82) is 0 Å². The van der Waals surface area contributed by atoms with Crippen LogP contribution in [0.25, 0.3) is 0 Å². The first-order chi connectivity index (χ1) is 15.2. The van der Waals surface area contributed by atoms with Crippen molar-refractivity contribution in [2.24, 2.45) is 0 Å². The minimum absolute atomic E-state index is 0.221. The fraction of sp³-hybridized carbons (Fsp3) is 0.542. The summed E-state index contributed by atoms with van der Waals surface area (Å²) in [4.78, 5) is 20.9. The number of aryl methyl sites for hydroxylation is 1. The number of hydrogen-bond acceptors (Lipinski definition) is 6. The Bertz CT molecular complexity index is 835. The summed E-state index contributed by atoms with van der Waals surface area (Å²) in [5.74, 6) is 1.13. The van der Waals surface area contributed by atoms with Gasteiger partial charge in [0.2, 0.25) is 5.91 Å². The van der Waals surface area contributed by atoms with Crippen LogP contribution in [0.1, 0.15) is 28.8 Å². The Balaban J connectivity index is 1.31. The zero-order valence-electron chi connectivity index (χ0n) is 18.2. The molecule has 2 aliphatic heterocycles. The van der Waals surface area contributed by atoms with Crippen LogP contribution >= 0.6 is 11.3 Å². The molecule has 0 unspecified atom stereocenters. The van der Waals surface area contributed by atoms with Crippen LogP contribution in [-0.2, 0) is 24.3 Å². The van der Waals surface area contributed by atoms with E-state index in [0.29, 0.717) is 26.1 Å². The van der Waals surface area contributed by atoms with Crippen LogP contribution in [0.4, 0.5) is 0 Å². The summed E-state index contributed by atoms with van der Waals surface area (Å²) in [5, 5.41) is 11.2. The lowest BCUT2D eigenvalue weighted by Crippen LogP contribution is -2.46. The lowest BCUT2D eigenvalue weighted by molar-refractivity contribution is -0.132. The zero-order valence-corrected chi connectivity index (χ0v) is 19.0. The van der Waals surface area contributed by atoms with Gasteiger partial charge in [0, 0.05) is 62.7 Å². The molecule has 3 heterocycles. The molecule has 0 radical (unpaired) electrons. The number of rotatable bonds is 8. The third-order valence-corrected chi connectivity index (χ3v) is 7.07. The summed E-state index contributed by atoms with van der Waals surface area (Å²) in [6, 6.07) is 10.6. The molecule has 1 aromatic carbocycles. The molecule has 0 spiro atoms. The van der Waals surface area contributed by atoms with Crippen molar-refractivity contribution in [3.63, 3.8) is 0 Å². The Morgan fingerprint density at radius 3 is 2.71 bits per heavy atom. The van der Waals surface area contributed by atoms with Crippen LogP contribution in [0.3, 0.4) is 0 Å². The second kappa shape index (κ2) is 11.1. The molecule has 1 fully saturated rings. The molecule has 6 nitrogen and oxygen atoms in total. The smallest absolute Gasteiger partial charge is 0.222 e. The summed E-state index contributed by atoms with van der Waals surface area (Å²) in [6.45, 7) is 7.77. The van der Waals surface area contributed by atoms with E-state index in [2.05, 4.69) is 45.5 Å². The van der Waals surface area contributed by atoms with Gasteiger partial charge < -0.3 is 14.7 Å². The van der Waals surface area contributed by atoms with Crippen LogP contribution in [0.2, 0.25) is 0 Å². The van der Waals surface area contributed by atoms with Gasteiger partial charge in [0.05, 0.1) is 13.2 Å².